The van der Waals surface area contributed by atoms with Crippen molar-refractivity contribution in [2.45, 2.75) is 38.7 Å². The Kier molecular flexibility index (Phi) is 5.50. The van der Waals surface area contributed by atoms with Crippen LogP contribution in [0, 0.1) is 0 Å². The van der Waals surface area contributed by atoms with Crippen LogP contribution in [-0.4, -0.2) is 23.1 Å². The maximum Gasteiger partial charge on any atom is 0.306 e. The highest BCUT2D eigenvalue weighted by Crippen LogP contribution is 2.24. The fourth-order valence-electron chi connectivity index (χ4n) is 2.38. The number of esters is 1. The lowest BCUT2D eigenvalue weighted by Crippen LogP contribution is -2.26. The van der Waals surface area contributed by atoms with E-state index in [4.69, 9.17) is 10.5 Å². The summed E-state index contributed by atoms with van der Waals surface area (Å²) >= 11 is 0. The molecule has 1 aromatic heterocycles. The van der Waals surface area contributed by atoms with Gasteiger partial charge in [0.1, 0.15) is 5.60 Å². The van der Waals surface area contributed by atoms with Crippen LogP contribution in [0.15, 0.2) is 48.7 Å². The molecule has 0 aliphatic carbocycles. The summed E-state index contributed by atoms with van der Waals surface area (Å²) in [4.78, 5) is 16.3. The molecule has 122 valence electrons. The number of benzene rings is 1. The molecule has 4 nitrogen and oxygen atoms in total. The number of nitrogens with two attached hydrogens (primary N) is 1. The lowest BCUT2D eigenvalue weighted by atomic mass is 9.94. The zero-order valence-electron chi connectivity index (χ0n) is 14.0. The van der Waals surface area contributed by atoms with Gasteiger partial charge in [0, 0.05) is 17.7 Å². The monoisotopic (exact) mass is 312 g/mol. The summed E-state index contributed by atoms with van der Waals surface area (Å²) < 4.78 is 5.38. The third-order valence-corrected chi connectivity index (χ3v) is 3.46. The van der Waals surface area contributed by atoms with E-state index in [1.807, 2.05) is 63.2 Å². The van der Waals surface area contributed by atoms with Crippen molar-refractivity contribution in [2.24, 2.45) is 5.73 Å². The number of hydrogen-bond donors (Lipinski definition) is 1. The molecule has 0 amide bonds. The number of hydrogen-bond acceptors (Lipinski definition) is 4. The number of carbonyl (C=O) groups excluding carboxylic acids is 1. The first-order valence-electron chi connectivity index (χ1n) is 7.82. The zero-order chi connectivity index (χ0) is 16.9. The Hall–Kier alpha value is -2.20. The maximum absolute atomic E-state index is 12.0. The van der Waals surface area contributed by atoms with Gasteiger partial charge >= 0.3 is 5.97 Å². The molecule has 0 aliphatic rings. The van der Waals surface area contributed by atoms with E-state index < -0.39 is 5.60 Å². The smallest absolute Gasteiger partial charge is 0.306 e. The SMILES string of the molecule is CC(C)(C)OC(=O)CC(CN)c1ccc(-c2ccccn2)cc1. The van der Waals surface area contributed by atoms with Crippen LogP contribution in [0.3, 0.4) is 0 Å². The van der Waals surface area contributed by atoms with Crippen molar-refractivity contribution in [2.75, 3.05) is 6.54 Å². The van der Waals surface area contributed by atoms with Gasteiger partial charge in [-0.15, -0.1) is 0 Å². The quantitative estimate of drug-likeness (QED) is 0.858. The van der Waals surface area contributed by atoms with Crippen LogP contribution in [0.4, 0.5) is 0 Å². The van der Waals surface area contributed by atoms with E-state index in [-0.39, 0.29) is 18.3 Å². The Labute approximate surface area is 137 Å². The highest BCUT2D eigenvalue weighted by molar-refractivity contribution is 5.71. The van der Waals surface area contributed by atoms with Crippen molar-refractivity contribution in [3.8, 4) is 11.3 Å². The molecule has 0 saturated heterocycles. The van der Waals surface area contributed by atoms with Crippen LogP contribution < -0.4 is 5.73 Å². The second kappa shape index (κ2) is 7.38. The molecule has 2 aromatic rings. The minimum absolute atomic E-state index is 0.0392. The van der Waals surface area contributed by atoms with Gasteiger partial charge in [0.15, 0.2) is 0 Å². The fourth-order valence-corrected chi connectivity index (χ4v) is 2.38. The van der Waals surface area contributed by atoms with Crippen molar-refractivity contribution < 1.29 is 9.53 Å². The Balaban J connectivity index is 2.08. The van der Waals surface area contributed by atoms with Gasteiger partial charge in [-0.05, 0) is 45.0 Å². The molecule has 1 unspecified atom stereocenters. The summed E-state index contributed by atoms with van der Waals surface area (Å²) in [6.45, 7) is 6.00. The number of carbonyl (C=O) groups is 1. The van der Waals surface area contributed by atoms with Gasteiger partial charge in [-0.25, -0.2) is 0 Å². The normalized spacial score (nSPS) is 12.7. The predicted molar refractivity (Wildman–Crippen MR) is 91.9 cm³/mol. The first kappa shape index (κ1) is 17.2. The van der Waals surface area contributed by atoms with E-state index in [9.17, 15) is 4.79 Å². The van der Waals surface area contributed by atoms with Gasteiger partial charge in [-0.1, -0.05) is 30.3 Å². The molecule has 0 radical (unpaired) electrons. The minimum atomic E-state index is -0.473. The van der Waals surface area contributed by atoms with Crippen molar-refractivity contribution in [3.63, 3.8) is 0 Å². The number of nitrogens with zero attached hydrogens (tertiary/aromatic N) is 1. The fraction of sp³-hybridized carbons (Fsp3) is 0.368. The third kappa shape index (κ3) is 5.18. The van der Waals surface area contributed by atoms with Crippen LogP contribution in [-0.2, 0) is 9.53 Å². The molecule has 23 heavy (non-hydrogen) atoms. The molecule has 1 heterocycles. The first-order chi connectivity index (χ1) is 10.9. The summed E-state index contributed by atoms with van der Waals surface area (Å²) in [7, 11) is 0. The Bertz CT molecular complexity index is 631. The van der Waals surface area contributed by atoms with Crippen LogP contribution in [0.2, 0.25) is 0 Å². The van der Waals surface area contributed by atoms with Crippen molar-refractivity contribution >= 4 is 5.97 Å². The Morgan fingerprint density at radius 1 is 1.17 bits per heavy atom. The first-order valence-corrected chi connectivity index (χ1v) is 7.82. The summed E-state index contributed by atoms with van der Waals surface area (Å²) in [5.74, 6) is -0.260. The van der Waals surface area contributed by atoms with Gasteiger partial charge < -0.3 is 10.5 Å². The van der Waals surface area contributed by atoms with E-state index in [1.165, 1.54) is 0 Å². The number of rotatable bonds is 5. The van der Waals surface area contributed by atoms with E-state index in [0.29, 0.717) is 6.54 Å². The van der Waals surface area contributed by atoms with E-state index in [0.717, 1.165) is 16.8 Å². The largest absolute Gasteiger partial charge is 0.460 e. The molecule has 2 rings (SSSR count). The highest BCUT2D eigenvalue weighted by atomic mass is 16.6. The second-order valence-electron chi connectivity index (χ2n) is 6.56. The van der Waals surface area contributed by atoms with Crippen molar-refractivity contribution in [1.82, 2.24) is 4.98 Å². The molecular formula is C19H24N2O2. The van der Waals surface area contributed by atoms with Gasteiger partial charge in [0.25, 0.3) is 0 Å². The van der Waals surface area contributed by atoms with Crippen LogP contribution in [0.1, 0.15) is 38.7 Å². The van der Waals surface area contributed by atoms with E-state index in [2.05, 4.69) is 4.98 Å². The summed E-state index contributed by atoms with van der Waals surface area (Å²) in [6.07, 6.45) is 2.06. The van der Waals surface area contributed by atoms with Gasteiger partial charge in [-0.2, -0.15) is 0 Å². The highest BCUT2D eigenvalue weighted by Gasteiger charge is 2.20. The number of ether oxygens (including phenoxy) is 1. The van der Waals surface area contributed by atoms with Crippen LogP contribution in [0.25, 0.3) is 11.3 Å². The average Bonchev–Trinajstić information content (AvgIpc) is 2.52. The van der Waals surface area contributed by atoms with Gasteiger partial charge in [-0.3, -0.25) is 9.78 Å². The average molecular weight is 312 g/mol. The molecule has 1 aromatic carbocycles. The molecule has 4 heteroatoms. The molecule has 0 saturated carbocycles. The molecule has 1 atom stereocenters. The summed E-state index contributed by atoms with van der Waals surface area (Å²) in [5, 5.41) is 0. The molecule has 2 N–H and O–H groups in total. The standard InChI is InChI=1S/C19H24N2O2/c1-19(2,3)23-18(22)12-16(13-20)14-7-9-15(10-8-14)17-6-4-5-11-21-17/h4-11,16H,12-13,20H2,1-3H3. The third-order valence-electron chi connectivity index (χ3n) is 3.46. The lowest BCUT2D eigenvalue weighted by Gasteiger charge is -2.22. The van der Waals surface area contributed by atoms with Crippen LogP contribution >= 0.6 is 0 Å². The van der Waals surface area contributed by atoms with Gasteiger partial charge in [0.05, 0.1) is 12.1 Å². The van der Waals surface area contributed by atoms with E-state index in [1.54, 1.807) is 6.20 Å². The number of aromatic nitrogens is 1. The molecule has 0 spiro atoms. The second-order valence-corrected chi connectivity index (χ2v) is 6.56. The minimum Gasteiger partial charge on any atom is -0.460 e. The zero-order valence-corrected chi connectivity index (χ0v) is 14.0. The Morgan fingerprint density at radius 2 is 1.87 bits per heavy atom. The van der Waals surface area contributed by atoms with E-state index >= 15 is 0 Å². The molecular weight excluding hydrogens is 288 g/mol. The van der Waals surface area contributed by atoms with Crippen molar-refractivity contribution in [3.05, 3.63) is 54.2 Å². The maximum atomic E-state index is 12.0. The summed E-state index contributed by atoms with van der Waals surface area (Å²) in [6, 6.07) is 13.9. The van der Waals surface area contributed by atoms with Crippen LogP contribution in [0.5, 0.6) is 0 Å². The molecule has 0 fully saturated rings. The lowest BCUT2D eigenvalue weighted by molar-refractivity contribution is -0.155. The van der Waals surface area contributed by atoms with Crippen molar-refractivity contribution in [1.29, 1.82) is 0 Å². The Morgan fingerprint density at radius 3 is 2.39 bits per heavy atom. The number of pyridine rings is 1. The molecule has 0 bridgehead atoms. The van der Waals surface area contributed by atoms with Gasteiger partial charge in [0.2, 0.25) is 0 Å². The summed E-state index contributed by atoms with van der Waals surface area (Å²) in [5.41, 5.74) is 8.38. The molecule has 0 aliphatic heterocycles. The predicted octanol–water partition coefficient (Wildman–Crippen LogP) is 3.52. The topological polar surface area (TPSA) is 65.2 Å².